The lowest BCUT2D eigenvalue weighted by Gasteiger charge is -2.16. The Bertz CT molecular complexity index is 1560. The quantitative estimate of drug-likeness (QED) is 0.0418. The molecule has 0 radical (unpaired) electrons. The molecule has 3 amide bonds. The predicted octanol–water partition coefficient (Wildman–Crippen LogP) is 6.40. The molecule has 0 saturated carbocycles. The van der Waals surface area contributed by atoms with Crippen molar-refractivity contribution in [1.82, 2.24) is 46.1 Å². The predicted molar refractivity (Wildman–Crippen MR) is 215 cm³/mol. The molecule has 52 heavy (non-hydrogen) atoms. The van der Waals surface area contributed by atoms with Crippen molar-refractivity contribution in [2.24, 2.45) is 0 Å². The van der Waals surface area contributed by atoms with E-state index in [2.05, 4.69) is 36.6 Å². The number of rotatable bonds is 25. The first kappa shape index (κ1) is 40.7. The molecule has 5 rings (SSSR count). The summed E-state index contributed by atoms with van der Waals surface area (Å²) < 4.78 is 2.00. The summed E-state index contributed by atoms with van der Waals surface area (Å²) >= 11 is 15.8. The van der Waals surface area contributed by atoms with Crippen molar-refractivity contribution in [3.8, 4) is 0 Å². The van der Waals surface area contributed by atoms with Crippen LogP contribution >= 0.6 is 46.7 Å². The molecule has 2 fully saturated rings. The van der Waals surface area contributed by atoms with Crippen molar-refractivity contribution in [2.45, 2.75) is 117 Å². The monoisotopic (exact) mass is 792 g/mol. The number of carbonyl (C=O) groups excluding carboxylic acids is 2. The topological polar surface area (TPSA) is 164 Å². The summed E-state index contributed by atoms with van der Waals surface area (Å²) in [6, 6.07) is 6.03. The zero-order chi connectivity index (χ0) is 36.5. The van der Waals surface area contributed by atoms with E-state index >= 15 is 0 Å². The molecule has 0 bridgehead atoms. The molecule has 2 aliphatic heterocycles. The number of nitrogens with zero attached hydrogens (tertiary/aromatic N) is 4. The van der Waals surface area contributed by atoms with Gasteiger partial charge in [-0.15, -0.1) is 0 Å². The van der Waals surface area contributed by atoms with Gasteiger partial charge in [0.1, 0.15) is 6.33 Å². The van der Waals surface area contributed by atoms with Crippen molar-refractivity contribution in [1.29, 1.82) is 0 Å². The summed E-state index contributed by atoms with van der Waals surface area (Å²) in [4.78, 5) is 38.0. The van der Waals surface area contributed by atoms with Crippen LogP contribution in [0.4, 0.5) is 10.6 Å². The van der Waals surface area contributed by atoms with Gasteiger partial charge in [-0.25, -0.2) is 19.7 Å². The number of imidazole rings is 1. The molecule has 1 aromatic carbocycles. The number of hydrogen-bond acceptors (Lipinski definition) is 10. The Hall–Kier alpha value is -2.49. The molecule has 3 aromatic rings. The average Bonchev–Trinajstić information content (AvgIpc) is 3.78. The number of anilines is 1. The van der Waals surface area contributed by atoms with Crippen LogP contribution in [0, 0.1) is 0 Å². The fraction of sp³-hybridized carbons (Fsp3) is 0.639. The van der Waals surface area contributed by atoms with E-state index in [0.29, 0.717) is 69.0 Å². The number of nitrogens with one attached hydrogen (secondary N) is 5. The summed E-state index contributed by atoms with van der Waals surface area (Å²) in [6.45, 7) is 5.44. The number of thioether (sulfide) groups is 1. The third kappa shape index (κ3) is 13.1. The van der Waals surface area contributed by atoms with Crippen LogP contribution in [0.1, 0.15) is 83.5 Å². The first-order chi connectivity index (χ1) is 25.4. The van der Waals surface area contributed by atoms with E-state index in [4.69, 9.17) is 33.9 Å². The summed E-state index contributed by atoms with van der Waals surface area (Å²) in [5.74, 6) is 1.46. The molecule has 0 unspecified atom stereocenters. The van der Waals surface area contributed by atoms with Crippen LogP contribution in [0.5, 0.6) is 0 Å². The molecule has 0 spiro atoms. The van der Waals surface area contributed by atoms with Gasteiger partial charge in [0, 0.05) is 45.5 Å². The Kier molecular flexibility index (Phi) is 17.2. The summed E-state index contributed by atoms with van der Waals surface area (Å²) in [6.07, 6.45) is 15.6. The molecule has 0 aliphatic carbocycles. The van der Waals surface area contributed by atoms with E-state index < -0.39 is 0 Å². The number of hydrogen-bond donors (Lipinski definition) is 6. The highest BCUT2D eigenvalue weighted by atomic mass is 35.5. The van der Waals surface area contributed by atoms with Crippen LogP contribution in [0.3, 0.4) is 0 Å². The highest BCUT2D eigenvalue weighted by Gasteiger charge is 2.42. The minimum absolute atomic E-state index is 0.00871. The van der Waals surface area contributed by atoms with Crippen LogP contribution in [0.15, 0.2) is 34.6 Å². The Labute approximate surface area is 326 Å². The number of benzene rings is 1. The van der Waals surface area contributed by atoms with E-state index in [1.165, 1.54) is 69.5 Å². The van der Waals surface area contributed by atoms with Gasteiger partial charge in [0.15, 0.2) is 22.1 Å². The first-order valence-corrected chi connectivity index (χ1v) is 21.5. The fourth-order valence-electron chi connectivity index (χ4n) is 6.69. The first-order valence-electron chi connectivity index (χ1n) is 18.8. The van der Waals surface area contributed by atoms with Gasteiger partial charge in [0.25, 0.3) is 0 Å². The van der Waals surface area contributed by atoms with Gasteiger partial charge in [-0.1, -0.05) is 67.1 Å². The maximum absolute atomic E-state index is 12.4. The smallest absolute Gasteiger partial charge is 0.315 e. The minimum Gasteiger partial charge on any atom is -0.382 e. The number of fused-ring (bicyclic) bond motifs is 2. The molecule has 7 N–H and O–H groups in total. The SMILES string of the molecule is Nc1ncnc2c1nc(Sc1cc(Cl)cc(Cl)c1)n2CCCNC(=O)CCCCCNCCCCCCNCCCCC[C@H]1SC[C@@H]2NC(=O)N[C@@H]21. The van der Waals surface area contributed by atoms with Gasteiger partial charge in [-0.2, -0.15) is 11.8 Å². The van der Waals surface area contributed by atoms with Crippen molar-refractivity contribution in [3.05, 3.63) is 34.6 Å². The molecule has 4 heterocycles. The van der Waals surface area contributed by atoms with Gasteiger partial charge >= 0.3 is 6.03 Å². The number of urea groups is 1. The minimum atomic E-state index is 0.00871. The average molecular weight is 794 g/mol. The third-order valence-corrected chi connectivity index (χ3v) is 12.4. The molecule has 2 saturated heterocycles. The fourth-order valence-corrected chi connectivity index (χ4v) is 9.90. The Morgan fingerprint density at radius 1 is 0.885 bits per heavy atom. The number of nitrogen functional groups attached to an aromatic ring is 1. The van der Waals surface area contributed by atoms with E-state index in [0.717, 1.165) is 62.5 Å². The van der Waals surface area contributed by atoms with Crippen LogP contribution in [0.25, 0.3) is 11.2 Å². The second kappa shape index (κ2) is 22.0. The van der Waals surface area contributed by atoms with Crippen LogP contribution in [-0.2, 0) is 11.3 Å². The zero-order valence-corrected chi connectivity index (χ0v) is 33.1. The van der Waals surface area contributed by atoms with Crippen molar-refractivity contribution in [2.75, 3.05) is 44.2 Å². The van der Waals surface area contributed by atoms with E-state index in [9.17, 15) is 9.59 Å². The number of carbonyl (C=O) groups is 2. The highest BCUT2D eigenvalue weighted by Crippen LogP contribution is 2.35. The van der Waals surface area contributed by atoms with Crippen LogP contribution in [-0.4, -0.2) is 87.3 Å². The molecule has 2 aromatic heterocycles. The van der Waals surface area contributed by atoms with E-state index in [-0.39, 0.29) is 11.9 Å². The normalized spacial score (nSPS) is 18.1. The number of unbranched alkanes of at least 4 members (excludes halogenated alkanes) is 7. The maximum Gasteiger partial charge on any atom is 0.315 e. The third-order valence-electron chi connectivity index (χ3n) is 9.45. The summed E-state index contributed by atoms with van der Waals surface area (Å²) in [5, 5.41) is 18.7. The van der Waals surface area contributed by atoms with Crippen molar-refractivity contribution >= 4 is 75.6 Å². The van der Waals surface area contributed by atoms with Crippen LogP contribution in [0.2, 0.25) is 10.0 Å². The van der Waals surface area contributed by atoms with Gasteiger partial charge in [0.2, 0.25) is 5.91 Å². The van der Waals surface area contributed by atoms with Crippen molar-refractivity contribution in [3.63, 3.8) is 0 Å². The molecule has 286 valence electrons. The van der Waals surface area contributed by atoms with Gasteiger partial charge in [-0.05, 0) is 89.3 Å². The zero-order valence-electron chi connectivity index (χ0n) is 29.9. The lowest BCUT2D eigenvalue weighted by Crippen LogP contribution is -2.36. The van der Waals surface area contributed by atoms with Gasteiger partial charge in [0.05, 0.1) is 12.1 Å². The highest BCUT2D eigenvalue weighted by molar-refractivity contribution is 8.00. The summed E-state index contributed by atoms with van der Waals surface area (Å²) in [7, 11) is 0. The second-order valence-corrected chi connectivity index (χ2v) is 16.8. The maximum atomic E-state index is 12.4. The number of aryl methyl sites for hydroxylation is 1. The second-order valence-electron chi connectivity index (χ2n) is 13.6. The van der Waals surface area contributed by atoms with Crippen molar-refractivity contribution < 1.29 is 9.59 Å². The van der Waals surface area contributed by atoms with E-state index in [1.807, 2.05) is 28.5 Å². The molecule has 16 heteroatoms. The number of amides is 3. The molecular weight excluding hydrogens is 740 g/mol. The number of nitrogens with two attached hydrogens (primary N) is 1. The van der Waals surface area contributed by atoms with E-state index in [1.54, 1.807) is 6.07 Å². The van der Waals surface area contributed by atoms with Gasteiger partial charge < -0.3 is 36.9 Å². The largest absolute Gasteiger partial charge is 0.382 e. The Morgan fingerprint density at radius 2 is 1.56 bits per heavy atom. The Balaban J connectivity index is 0.812. The molecular formula is C36H54Cl2N10O2S2. The lowest BCUT2D eigenvalue weighted by atomic mass is 10.0. The number of aromatic nitrogens is 4. The molecule has 3 atom stereocenters. The molecule has 12 nitrogen and oxygen atoms in total. The Morgan fingerprint density at radius 3 is 2.27 bits per heavy atom. The van der Waals surface area contributed by atoms with Crippen LogP contribution < -0.4 is 32.3 Å². The number of halogens is 2. The van der Waals surface area contributed by atoms with Gasteiger partial charge in [-0.3, -0.25) is 4.79 Å². The standard InChI is InChI=1S/C36H54Cl2N10O2S2/c37-25-20-26(38)22-27(21-25)52-36-47-32-33(39)43-24-44-34(32)48(36)19-11-18-42-30(49)13-6-4-10-17-41-15-8-2-1-7-14-40-16-9-3-5-12-29-31-28(23-51-29)45-35(50)46-31/h20-22,24,28-29,31,40-41H,1-19,23H2,(H,42,49)(H2,39,43,44)(H2,45,46,50)/t28-,29+,31-/m0/s1. The summed E-state index contributed by atoms with van der Waals surface area (Å²) in [5.41, 5.74) is 7.29. The lowest BCUT2D eigenvalue weighted by molar-refractivity contribution is -0.121. The molecule has 2 aliphatic rings.